The van der Waals surface area contributed by atoms with Crippen LogP contribution in [0.3, 0.4) is 0 Å². The molecular weight excluding hydrogens is 360 g/mol. The third-order valence-electron chi connectivity index (χ3n) is 5.65. The van der Waals surface area contributed by atoms with Crippen LogP contribution in [0.2, 0.25) is 5.02 Å². The van der Waals surface area contributed by atoms with Gasteiger partial charge in [0.05, 0.1) is 23.6 Å². The molecule has 0 amide bonds. The van der Waals surface area contributed by atoms with Crippen LogP contribution in [0.1, 0.15) is 24.0 Å². The number of fused-ring (bicyclic) bond motifs is 1. The number of morpholine rings is 1. The van der Waals surface area contributed by atoms with E-state index in [-0.39, 0.29) is 12.1 Å². The van der Waals surface area contributed by atoms with Crippen molar-refractivity contribution in [3.05, 3.63) is 28.3 Å². The van der Waals surface area contributed by atoms with E-state index < -0.39 is 10.0 Å². The summed E-state index contributed by atoms with van der Waals surface area (Å²) in [5.74, 6) is 0.797. The van der Waals surface area contributed by atoms with Crippen LogP contribution < -0.4 is 0 Å². The first-order valence-electron chi connectivity index (χ1n) is 8.99. The molecule has 2 heterocycles. The minimum Gasteiger partial charge on any atom is -0.374 e. The van der Waals surface area contributed by atoms with Gasteiger partial charge in [0, 0.05) is 31.2 Å². The molecule has 1 aromatic carbocycles. The molecule has 138 valence electrons. The van der Waals surface area contributed by atoms with Crippen molar-refractivity contribution in [2.75, 3.05) is 32.8 Å². The van der Waals surface area contributed by atoms with Crippen LogP contribution >= 0.6 is 11.6 Å². The fourth-order valence-corrected chi connectivity index (χ4v) is 5.93. The molecule has 1 aliphatic carbocycles. The van der Waals surface area contributed by atoms with Gasteiger partial charge in [-0.05, 0) is 55.9 Å². The summed E-state index contributed by atoms with van der Waals surface area (Å²) in [4.78, 5) is 2.81. The topological polar surface area (TPSA) is 49.9 Å². The molecule has 3 aliphatic rings. The van der Waals surface area contributed by atoms with Crippen molar-refractivity contribution in [1.29, 1.82) is 0 Å². The highest BCUT2D eigenvalue weighted by molar-refractivity contribution is 7.89. The van der Waals surface area contributed by atoms with Crippen molar-refractivity contribution in [3.63, 3.8) is 0 Å². The normalized spacial score (nSPS) is 28.3. The Morgan fingerprint density at radius 3 is 2.68 bits per heavy atom. The molecule has 0 spiro atoms. The summed E-state index contributed by atoms with van der Waals surface area (Å²) in [5, 5.41) is 0.602. The van der Waals surface area contributed by atoms with Gasteiger partial charge in [0.15, 0.2) is 0 Å². The maximum Gasteiger partial charge on any atom is 0.243 e. The Labute approximate surface area is 154 Å². The Hall–Kier alpha value is -0.660. The van der Waals surface area contributed by atoms with Crippen LogP contribution in [-0.2, 0) is 14.8 Å². The molecule has 2 atom stereocenters. The summed E-state index contributed by atoms with van der Waals surface area (Å²) in [6.07, 6.45) is 2.59. The summed E-state index contributed by atoms with van der Waals surface area (Å²) in [6, 6.07) is 3.61. The average molecular weight is 385 g/mol. The highest BCUT2D eigenvalue weighted by Gasteiger charge is 2.45. The lowest BCUT2D eigenvalue weighted by Crippen LogP contribution is -2.51. The minimum atomic E-state index is -3.54. The molecule has 4 rings (SSSR count). The number of nitrogens with zero attached hydrogens (tertiary/aromatic N) is 2. The Morgan fingerprint density at radius 1 is 1.20 bits per heavy atom. The zero-order valence-electron chi connectivity index (χ0n) is 14.7. The van der Waals surface area contributed by atoms with Crippen molar-refractivity contribution in [2.24, 2.45) is 5.92 Å². The first-order valence-corrected chi connectivity index (χ1v) is 10.8. The van der Waals surface area contributed by atoms with Gasteiger partial charge >= 0.3 is 0 Å². The fourth-order valence-electron chi connectivity index (χ4n) is 3.95. The molecule has 7 heteroatoms. The quantitative estimate of drug-likeness (QED) is 0.800. The van der Waals surface area contributed by atoms with E-state index in [0.717, 1.165) is 24.6 Å². The van der Waals surface area contributed by atoms with Crippen LogP contribution in [0.15, 0.2) is 17.0 Å². The van der Waals surface area contributed by atoms with Crippen molar-refractivity contribution in [3.8, 4) is 0 Å². The van der Waals surface area contributed by atoms with Gasteiger partial charge in [0.25, 0.3) is 0 Å². The Balaban J connectivity index is 1.58. The van der Waals surface area contributed by atoms with Crippen LogP contribution in [-0.4, -0.2) is 62.6 Å². The van der Waals surface area contributed by atoms with Gasteiger partial charge < -0.3 is 4.74 Å². The third-order valence-corrected chi connectivity index (χ3v) is 8.03. The minimum absolute atomic E-state index is 0.0176. The lowest BCUT2D eigenvalue weighted by atomic mass is 10.1. The molecule has 0 N–H and O–H groups in total. The van der Waals surface area contributed by atoms with E-state index in [2.05, 4.69) is 4.90 Å². The molecule has 2 saturated heterocycles. The highest BCUT2D eigenvalue weighted by atomic mass is 35.5. The first-order chi connectivity index (χ1) is 11.9. The molecule has 0 radical (unpaired) electrons. The van der Waals surface area contributed by atoms with Gasteiger partial charge in [-0.25, -0.2) is 8.42 Å². The van der Waals surface area contributed by atoms with Crippen molar-refractivity contribution in [1.82, 2.24) is 9.21 Å². The second-order valence-corrected chi connectivity index (χ2v) is 9.92. The zero-order valence-corrected chi connectivity index (χ0v) is 16.3. The van der Waals surface area contributed by atoms with E-state index in [1.807, 2.05) is 6.92 Å². The van der Waals surface area contributed by atoms with E-state index >= 15 is 0 Å². The molecule has 25 heavy (non-hydrogen) atoms. The molecule has 0 unspecified atom stereocenters. The second kappa shape index (κ2) is 6.50. The largest absolute Gasteiger partial charge is 0.374 e. The number of benzene rings is 1. The van der Waals surface area contributed by atoms with E-state index in [1.165, 1.54) is 12.8 Å². The Kier molecular flexibility index (Phi) is 4.61. The molecule has 0 aromatic heterocycles. The number of ether oxygens (including phenoxy) is 1. The van der Waals surface area contributed by atoms with Crippen molar-refractivity contribution in [2.45, 2.75) is 43.7 Å². The number of hydrogen-bond donors (Lipinski definition) is 0. The predicted molar refractivity (Wildman–Crippen MR) is 97.5 cm³/mol. The first kappa shape index (κ1) is 17.7. The molecule has 1 aromatic rings. The van der Waals surface area contributed by atoms with Crippen molar-refractivity contribution >= 4 is 21.6 Å². The molecule has 1 saturated carbocycles. The molecule has 3 fully saturated rings. The monoisotopic (exact) mass is 384 g/mol. The SMILES string of the molecule is Cc1cc(S(=O)(=O)N2C[C@@H]3OCCN(CC4CC4)[C@H]3C2)c(C)cc1Cl. The predicted octanol–water partition coefficient (Wildman–Crippen LogP) is 2.44. The number of hydrogen-bond acceptors (Lipinski definition) is 4. The number of halogens is 1. The summed E-state index contributed by atoms with van der Waals surface area (Å²) >= 11 is 6.13. The summed E-state index contributed by atoms with van der Waals surface area (Å²) in [6.45, 7) is 7.28. The van der Waals surface area contributed by atoms with E-state index in [4.69, 9.17) is 16.3 Å². The van der Waals surface area contributed by atoms with Crippen LogP contribution in [0.25, 0.3) is 0 Å². The zero-order chi connectivity index (χ0) is 17.8. The summed E-state index contributed by atoms with van der Waals surface area (Å²) in [5.41, 5.74) is 1.48. The molecule has 5 nitrogen and oxygen atoms in total. The second-order valence-electron chi connectivity index (χ2n) is 7.60. The molecule has 2 aliphatic heterocycles. The number of aryl methyl sites for hydroxylation is 2. The molecular formula is C18H25ClN2O3S. The maximum atomic E-state index is 13.2. The summed E-state index contributed by atoms with van der Waals surface area (Å²) < 4.78 is 33.9. The standard InChI is InChI=1S/C18H25ClN2O3S/c1-12-8-18(13(2)7-15(12)19)25(22,23)21-10-16-17(11-21)24-6-5-20(16)9-14-3-4-14/h7-8,14,16-17H,3-6,9-11H2,1-2H3/t16-,17-/m0/s1. The van der Waals surface area contributed by atoms with E-state index in [1.54, 1.807) is 23.4 Å². The van der Waals surface area contributed by atoms with Crippen LogP contribution in [0.5, 0.6) is 0 Å². The Bertz CT molecular complexity index is 779. The van der Waals surface area contributed by atoms with Gasteiger partial charge in [0.1, 0.15) is 0 Å². The Morgan fingerprint density at radius 2 is 1.96 bits per heavy atom. The lowest BCUT2D eigenvalue weighted by molar-refractivity contribution is -0.0483. The van der Waals surface area contributed by atoms with E-state index in [0.29, 0.717) is 35.2 Å². The number of sulfonamides is 1. The van der Waals surface area contributed by atoms with Gasteiger partial charge in [-0.2, -0.15) is 4.31 Å². The van der Waals surface area contributed by atoms with Crippen LogP contribution in [0.4, 0.5) is 0 Å². The van der Waals surface area contributed by atoms with E-state index in [9.17, 15) is 8.42 Å². The lowest BCUT2D eigenvalue weighted by Gasteiger charge is -2.36. The molecule has 0 bridgehead atoms. The van der Waals surface area contributed by atoms with Crippen molar-refractivity contribution < 1.29 is 13.2 Å². The van der Waals surface area contributed by atoms with Gasteiger partial charge in [-0.3, -0.25) is 4.90 Å². The number of rotatable bonds is 4. The third kappa shape index (κ3) is 3.35. The highest BCUT2D eigenvalue weighted by Crippen LogP contribution is 2.35. The van der Waals surface area contributed by atoms with Gasteiger partial charge in [-0.1, -0.05) is 11.6 Å². The van der Waals surface area contributed by atoms with Gasteiger partial charge in [0.2, 0.25) is 10.0 Å². The maximum absolute atomic E-state index is 13.2. The van der Waals surface area contributed by atoms with Gasteiger partial charge in [-0.15, -0.1) is 0 Å². The van der Waals surface area contributed by atoms with Crippen LogP contribution in [0, 0.1) is 19.8 Å². The average Bonchev–Trinajstić information content (AvgIpc) is 3.25. The fraction of sp³-hybridized carbons (Fsp3) is 0.667. The smallest absolute Gasteiger partial charge is 0.243 e. The summed E-state index contributed by atoms with van der Waals surface area (Å²) in [7, 11) is -3.54.